The fourth-order valence-electron chi connectivity index (χ4n) is 3.04. The predicted octanol–water partition coefficient (Wildman–Crippen LogP) is 0.595. The lowest BCUT2D eigenvalue weighted by molar-refractivity contribution is -0.121. The van der Waals surface area contributed by atoms with Gasteiger partial charge in [0, 0.05) is 12.1 Å². The lowest BCUT2D eigenvalue weighted by atomic mass is 9.89. The molecule has 0 unspecified atom stereocenters. The van der Waals surface area contributed by atoms with E-state index in [-0.39, 0.29) is 29.5 Å². The summed E-state index contributed by atoms with van der Waals surface area (Å²) in [6.07, 6.45) is 4.24. The number of tetrazole rings is 1. The van der Waals surface area contributed by atoms with E-state index in [1.165, 1.54) is 11.1 Å². The Kier molecular flexibility index (Phi) is 6.27. The minimum Gasteiger partial charge on any atom is -0.301 e. The van der Waals surface area contributed by atoms with Crippen molar-refractivity contribution in [3.05, 3.63) is 0 Å². The van der Waals surface area contributed by atoms with E-state index in [1.54, 1.807) is 13.8 Å². The molecule has 1 aromatic heterocycles. The van der Waals surface area contributed by atoms with Crippen LogP contribution in [0.3, 0.4) is 0 Å². The molecule has 10 nitrogen and oxygen atoms in total. The number of hydrogen-bond donors (Lipinski definition) is 3. The van der Waals surface area contributed by atoms with Crippen molar-refractivity contribution in [2.75, 3.05) is 11.6 Å². The molecular formula is C16H31N7O3S. The van der Waals surface area contributed by atoms with E-state index in [9.17, 15) is 13.2 Å². The number of sulfonamides is 1. The summed E-state index contributed by atoms with van der Waals surface area (Å²) >= 11 is 0. The largest absolute Gasteiger partial charge is 0.301 e. The zero-order valence-electron chi connectivity index (χ0n) is 16.9. The number of nitrogens with zero attached hydrogens (tertiary/aromatic N) is 4. The van der Waals surface area contributed by atoms with Crippen LogP contribution >= 0.6 is 0 Å². The molecule has 0 aliphatic heterocycles. The van der Waals surface area contributed by atoms with Gasteiger partial charge in [-0.1, -0.05) is 5.10 Å². The van der Waals surface area contributed by atoms with Gasteiger partial charge in [-0.3, -0.25) is 10.1 Å². The first-order valence-corrected chi connectivity index (χ1v) is 11.0. The minimum absolute atomic E-state index is 0.0355. The van der Waals surface area contributed by atoms with Crippen molar-refractivity contribution in [1.29, 1.82) is 0 Å². The van der Waals surface area contributed by atoms with Crippen LogP contribution in [0.4, 0.5) is 5.95 Å². The first-order valence-electron chi connectivity index (χ1n) is 9.13. The Hall–Kier alpha value is -1.59. The number of rotatable bonds is 6. The Labute approximate surface area is 160 Å². The van der Waals surface area contributed by atoms with Crippen LogP contribution in [0.5, 0.6) is 0 Å². The highest BCUT2D eigenvalue weighted by atomic mass is 32.2. The van der Waals surface area contributed by atoms with Crippen molar-refractivity contribution in [2.45, 2.75) is 83.5 Å². The SMILES string of the molecule is CC(C)(NC1CCC(NS(C)(=O)=O)CC1)C(=O)Nc1nnn(C(C)(C)C)n1. The number of nitrogens with one attached hydrogen (secondary N) is 3. The average molecular weight is 402 g/mol. The molecule has 0 spiro atoms. The summed E-state index contributed by atoms with van der Waals surface area (Å²) < 4.78 is 25.3. The topological polar surface area (TPSA) is 131 Å². The van der Waals surface area contributed by atoms with Gasteiger partial charge in [0.15, 0.2) is 0 Å². The molecule has 1 fully saturated rings. The molecule has 0 radical (unpaired) electrons. The molecular weight excluding hydrogens is 370 g/mol. The highest BCUT2D eigenvalue weighted by Crippen LogP contribution is 2.22. The van der Waals surface area contributed by atoms with Gasteiger partial charge >= 0.3 is 0 Å². The van der Waals surface area contributed by atoms with E-state index < -0.39 is 15.6 Å². The van der Waals surface area contributed by atoms with Gasteiger partial charge in [0.25, 0.3) is 5.95 Å². The third-order valence-corrected chi connectivity index (χ3v) is 5.24. The summed E-state index contributed by atoms with van der Waals surface area (Å²) in [4.78, 5) is 14.1. The van der Waals surface area contributed by atoms with Crippen molar-refractivity contribution in [2.24, 2.45) is 0 Å². The monoisotopic (exact) mass is 401 g/mol. The molecule has 0 aromatic carbocycles. The molecule has 27 heavy (non-hydrogen) atoms. The zero-order valence-corrected chi connectivity index (χ0v) is 17.7. The smallest absolute Gasteiger partial charge is 0.270 e. The van der Waals surface area contributed by atoms with Crippen LogP contribution in [0.25, 0.3) is 0 Å². The Morgan fingerprint density at radius 1 is 1.07 bits per heavy atom. The van der Waals surface area contributed by atoms with Gasteiger partial charge in [-0.15, -0.1) is 5.10 Å². The number of hydrogen-bond acceptors (Lipinski definition) is 7. The summed E-state index contributed by atoms with van der Waals surface area (Å²) in [5.74, 6) is -0.0711. The maximum absolute atomic E-state index is 12.6. The quantitative estimate of drug-likeness (QED) is 0.636. The Morgan fingerprint density at radius 3 is 2.11 bits per heavy atom. The second kappa shape index (κ2) is 7.80. The normalized spacial score (nSPS) is 21.9. The molecule has 1 heterocycles. The van der Waals surface area contributed by atoms with Crippen LogP contribution < -0.4 is 15.4 Å². The van der Waals surface area contributed by atoms with Gasteiger partial charge in [-0.2, -0.15) is 4.80 Å². The summed E-state index contributed by atoms with van der Waals surface area (Å²) in [6.45, 7) is 9.44. The molecule has 1 saturated carbocycles. The third kappa shape index (κ3) is 6.51. The van der Waals surface area contributed by atoms with Crippen molar-refractivity contribution < 1.29 is 13.2 Å². The molecule has 11 heteroatoms. The third-order valence-electron chi connectivity index (χ3n) is 4.48. The van der Waals surface area contributed by atoms with Crippen molar-refractivity contribution in [3.8, 4) is 0 Å². The molecule has 1 aliphatic carbocycles. The number of aromatic nitrogens is 4. The van der Waals surface area contributed by atoms with Gasteiger partial charge in [0.1, 0.15) is 0 Å². The molecule has 0 bridgehead atoms. The highest BCUT2D eigenvalue weighted by Gasteiger charge is 2.33. The number of carbonyl (C=O) groups excluding carboxylic acids is 1. The maximum Gasteiger partial charge on any atom is 0.270 e. The molecule has 0 saturated heterocycles. The minimum atomic E-state index is -3.19. The van der Waals surface area contributed by atoms with Crippen LogP contribution in [0.15, 0.2) is 0 Å². The first kappa shape index (κ1) is 21.7. The van der Waals surface area contributed by atoms with Gasteiger partial charge in [-0.25, -0.2) is 13.1 Å². The second-order valence-corrected chi connectivity index (χ2v) is 10.5. The van der Waals surface area contributed by atoms with Crippen LogP contribution in [0, 0.1) is 0 Å². The summed E-state index contributed by atoms with van der Waals surface area (Å²) in [6, 6.07) is 0.105. The van der Waals surface area contributed by atoms with Gasteiger partial charge in [-0.05, 0) is 65.5 Å². The fourth-order valence-corrected chi connectivity index (χ4v) is 3.88. The van der Waals surface area contributed by atoms with E-state index >= 15 is 0 Å². The number of anilines is 1. The number of amides is 1. The van der Waals surface area contributed by atoms with Crippen LogP contribution in [0.2, 0.25) is 0 Å². The zero-order chi connectivity index (χ0) is 20.5. The Balaban J connectivity index is 1.89. The highest BCUT2D eigenvalue weighted by molar-refractivity contribution is 7.88. The van der Waals surface area contributed by atoms with Crippen LogP contribution in [0.1, 0.15) is 60.3 Å². The molecule has 0 atom stereocenters. The van der Waals surface area contributed by atoms with Crippen molar-refractivity contribution in [1.82, 2.24) is 30.2 Å². The maximum atomic E-state index is 12.6. The molecule has 1 aromatic rings. The molecule has 1 aliphatic rings. The standard InChI is InChI=1S/C16H31N7O3S/c1-15(2,3)23-20-14(19-22-23)17-13(24)16(4,5)18-11-7-9-12(10-8-11)21-27(6,25)26/h11-12,18,21H,7-10H2,1-6H3,(H,17,20,24). The Bertz CT molecular complexity index is 759. The van der Waals surface area contributed by atoms with E-state index in [1.807, 2.05) is 20.8 Å². The van der Waals surface area contributed by atoms with E-state index in [4.69, 9.17) is 0 Å². The van der Waals surface area contributed by atoms with E-state index in [2.05, 4.69) is 30.8 Å². The average Bonchev–Trinajstić information content (AvgIpc) is 2.96. The van der Waals surface area contributed by atoms with Crippen molar-refractivity contribution >= 4 is 21.9 Å². The number of carbonyl (C=O) groups is 1. The molecule has 1 amide bonds. The fraction of sp³-hybridized carbons (Fsp3) is 0.875. The molecule has 154 valence electrons. The first-order chi connectivity index (χ1) is 12.3. The van der Waals surface area contributed by atoms with Gasteiger partial charge in [0.2, 0.25) is 15.9 Å². The lowest BCUT2D eigenvalue weighted by Crippen LogP contribution is -2.55. The summed E-state index contributed by atoms with van der Waals surface area (Å²) in [5.41, 5.74) is -1.14. The predicted molar refractivity (Wildman–Crippen MR) is 103 cm³/mol. The molecule has 3 N–H and O–H groups in total. The van der Waals surface area contributed by atoms with E-state index in [0.717, 1.165) is 25.7 Å². The Morgan fingerprint density at radius 2 is 1.63 bits per heavy atom. The van der Waals surface area contributed by atoms with Crippen molar-refractivity contribution in [3.63, 3.8) is 0 Å². The summed E-state index contributed by atoms with van der Waals surface area (Å²) in [7, 11) is -3.19. The van der Waals surface area contributed by atoms with E-state index in [0.29, 0.717) is 0 Å². The summed E-state index contributed by atoms with van der Waals surface area (Å²) in [5, 5.41) is 18.1. The van der Waals surface area contributed by atoms with Crippen LogP contribution in [-0.2, 0) is 20.4 Å². The lowest BCUT2D eigenvalue weighted by Gasteiger charge is -2.35. The molecule has 2 rings (SSSR count). The van der Waals surface area contributed by atoms with Crippen LogP contribution in [-0.4, -0.2) is 58.4 Å². The second-order valence-electron chi connectivity index (χ2n) is 8.74. The van der Waals surface area contributed by atoms with Gasteiger partial charge < -0.3 is 5.32 Å². The van der Waals surface area contributed by atoms with Gasteiger partial charge in [0.05, 0.1) is 17.3 Å².